The van der Waals surface area contributed by atoms with Crippen LogP contribution >= 0.6 is 34.4 Å². The van der Waals surface area contributed by atoms with Gasteiger partial charge in [0, 0.05) is 48.8 Å². The molecular formula is C15H20F3N5S3. The molecule has 0 saturated heterocycles. The molecule has 0 aromatic carbocycles. The zero-order chi connectivity index (χ0) is 18.8. The Hall–Kier alpha value is -1.33. The van der Waals surface area contributed by atoms with Gasteiger partial charge in [-0.05, 0) is 13.3 Å². The Labute approximate surface area is 162 Å². The van der Waals surface area contributed by atoms with Crippen LogP contribution < -0.4 is 10.6 Å². The van der Waals surface area contributed by atoms with E-state index in [9.17, 15) is 13.2 Å². The number of thioether (sulfide) groups is 1. The van der Waals surface area contributed by atoms with Crippen LogP contribution in [-0.2, 0) is 12.6 Å². The topological polar surface area (TPSA) is 62.2 Å². The van der Waals surface area contributed by atoms with Gasteiger partial charge in [-0.25, -0.2) is 9.97 Å². The molecule has 2 rings (SSSR count). The quantitative estimate of drug-likeness (QED) is 0.277. The van der Waals surface area contributed by atoms with Gasteiger partial charge in [0.15, 0.2) is 11.7 Å². The summed E-state index contributed by atoms with van der Waals surface area (Å²) < 4.78 is 38.7. The molecule has 0 fully saturated rings. The van der Waals surface area contributed by atoms with Gasteiger partial charge in [0.2, 0.25) is 0 Å². The highest BCUT2D eigenvalue weighted by atomic mass is 32.2. The smallest absolute Gasteiger partial charge is 0.357 e. The molecular weight excluding hydrogens is 403 g/mol. The van der Waals surface area contributed by atoms with Crippen LogP contribution in [0.5, 0.6) is 0 Å². The number of halogens is 3. The highest BCUT2D eigenvalue weighted by Crippen LogP contribution is 2.30. The van der Waals surface area contributed by atoms with E-state index in [1.807, 2.05) is 12.3 Å². The van der Waals surface area contributed by atoms with Gasteiger partial charge in [0.05, 0.1) is 5.01 Å². The van der Waals surface area contributed by atoms with Gasteiger partial charge in [0.25, 0.3) is 0 Å². The number of hydrogen-bond donors (Lipinski definition) is 2. The van der Waals surface area contributed by atoms with Crippen LogP contribution in [0.25, 0.3) is 0 Å². The lowest BCUT2D eigenvalue weighted by Crippen LogP contribution is -2.38. The fraction of sp³-hybridized carbons (Fsp3) is 0.533. The third kappa shape index (κ3) is 7.50. The second-order valence-corrected chi connectivity index (χ2v) is 8.24. The van der Waals surface area contributed by atoms with E-state index in [0.717, 1.165) is 39.8 Å². The van der Waals surface area contributed by atoms with E-state index in [4.69, 9.17) is 0 Å². The molecule has 2 aromatic heterocycles. The monoisotopic (exact) mass is 423 g/mol. The molecule has 0 unspecified atom stereocenters. The normalized spacial score (nSPS) is 12.4. The van der Waals surface area contributed by atoms with Crippen molar-refractivity contribution in [3.8, 4) is 0 Å². The number of nitrogens with zero attached hydrogens (tertiary/aromatic N) is 3. The number of rotatable bonds is 9. The molecule has 0 amide bonds. The SMILES string of the molecule is CCNC(=NCCCSc1nccs1)NCCc1nc(C(F)(F)F)cs1. The lowest BCUT2D eigenvalue weighted by atomic mass is 10.4. The zero-order valence-electron chi connectivity index (χ0n) is 14.2. The van der Waals surface area contributed by atoms with E-state index in [1.165, 1.54) is 0 Å². The average Bonchev–Trinajstić information content (AvgIpc) is 3.25. The molecule has 5 nitrogen and oxygen atoms in total. The first-order valence-electron chi connectivity index (χ1n) is 8.05. The van der Waals surface area contributed by atoms with Crippen LogP contribution in [0.3, 0.4) is 0 Å². The van der Waals surface area contributed by atoms with Gasteiger partial charge < -0.3 is 10.6 Å². The predicted molar refractivity (Wildman–Crippen MR) is 102 cm³/mol. The number of aliphatic imine (C=N–C) groups is 1. The highest BCUT2D eigenvalue weighted by molar-refractivity contribution is 8.00. The number of nitrogens with one attached hydrogen (secondary N) is 2. The van der Waals surface area contributed by atoms with Gasteiger partial charge in [-0.2, -0.15) is 13.2 Å². The van der Waals surface area contributed by atoms with Crippen LogP contribution in [0, 0.1) is 0 Å². The summed E-state index contributed by atoms with van der Waals surface area (Å²) in [6.45, 7) is 3.83. The van der Waals surface area contributed by atoms with E-state index in [-0.39, 0.29) is 0 Å². The van der Waals surface area contributed by atoms with Crippen LogP contribution in [0.15, 0.2) is 26.3 Å². The lowest BCUT2D eigenvalue weighted by molar-refractivity contribution is -0.140. The maximum absolute atomic E-state index is 12.5. The predicted octanol–water partition coefficient (Wildman–Crippen LogP) is 3.90. The molecule has 26 heavy (non-hydrogen) atoms. The lowest BCUT2D eigenvalue weighted by Gasteiger charge is -2.10. The first kappa shape index (κ1) is 21.0. The Morgan fingerprint density at radius 3 is 2.81 bits per heavy atom. The number of alkyl halides is 3. The molecule has 11 heteroatoms. The summed E-state index contributed by atoms with van der Waals surface area (Å²) in [7, 11) is 0. The number of hydrogen-bond acceptors (Lipinski definition) is 6. The van der Waals surface area contributed by atoms with Crippen molar-refractivity contribution in [1.29, 1.82) is 0 Å². The van der Waals surface area contributed by atoms with Crippen LogP contribution in [0.2, 0.25) is 0 Å². The van der Waals surface area contributed by atoms with Gasteiger partial charge in [-0.3, -0.25) is 4.99 Å². The largest absolute Gasteiger partial charge is 0.434 e. The van der Waals surface area contributed by atoms with Gasteiger partial charge in [0.1, 0.15) is 4.34 Å². The summed E-state index contributed by atoms with van der Waals surface area (Å²) in [4.78, 5) is 12.3. The van der Waals surface area contributed by atoms with Crippen molar-refractivity contribution >= 4 is 40.4 Å². The Balaban J connectivity index is 1.70. The molecule has 0 spiro atoms. The summed E-state index contributed by atoms with van der Waals surface area (Å²) in [6.07, 6.45) is -1.25. The van der Waals surface area contributed by atoms with Gasteiger partial charge >= 0.3 is 6.18 Å². The first-order valence-corrected chi connectivity index (χ1v) is 10.8. The standard InChI is InChI=1S/C15H20F3N5S3/c1-2-19-13(20-5-3-8-24-14-22-7-9-25-14)21-6-4-12-23-11(10-26-12)15(16,17)18/h7,9-10H,2-6,8H2,1H3,(H2,19,20,21). The average molecular weight is 424 g/mol. The number of guanidine groups is 1. The molecule has 2 N–H and O–H groups in total. The van der Waals surface area contributed by atoms with Crippen molar-refractivity contribution < 1.29 is 13.2 Å². The Kier molecular flexibility index (Phi) is 8.66. The minimum Gasteiger partial charge on any atom is -0.357 e. The number of aromatic nitrogens is 2. The van der Waals surface area contributed by atoms with Crippen molar-refractivity contribution in [2.24, 2.45) is 4.99 Å². The fourth-order valence-electron chi connectivity index (χ4n) is 1.88. The Bertz CT molecular complexity index is 670. The van der Waals surface area contributed by atoms with Crippen LogP contribution in [0.1, 0.15) is 24.0 Å². The van der Waals surface area contributed by atoms with E-state index in [0.29, 0.717) is 30.5 Å². The zero-order valence-corrected chi connectivity index (χ0v) is 16.6. The molecule has 2 aromatic rings. The van der Waals surface area contributed by atoms with E-state index in [2.05, 4.69) is 25.6 Å². The molecule has 0 aliphatic heterocycles. The third-order valence-electron chi connectivity index (χ3n) is 3.03. The first-order chi connectivity index (χ1) is 12.5. The molecule has 0 radical (unpaired) electrons. The van der Waals surface area contributed by atoms with E-state index >= 15 is 0 Å². The molecule has 0 atom stereocenters. The molecule has 144 valence electrons. The Morgan fingerprint density at radius 1 is 1.31 bits per heavy atom. The summed E-state index contributed by atoms with van der Waals surface area (Å²) in [6, 6.07) is 0. The minimum absolute atomic E-state index is 0.422. The van der Waals surface area contributed by atoms with Crippen molar-refractivity contribution in [1.82, 2.24) is 20.6 Å². The molecule has 0 saturated carbocycles. The molecule has 2 heterocycles. The highest BCUT2D eigenvalue weighted by Gasteiger charge is 2.33. The second-order valence-electron chi connectivity index (χ2n) is 5.06. The minimum atomic E-state index is -4.38. The van der Waals surface area contributed by atoms with Crippen molar-refractivity contribution in [3.05, 3.63) is 27.7 Å². The fourth-order valence-corrected chi connectivity index (χ4v) is 4.32. The number of thiazole rings is 2. The second kappa shape index (κ2) is 10.7. The molecule has 0 aliphatic carbocycles. The maximum atomic E-state index is 12.5. The van der Waals surface area contributed by atoms with Gasteiger partial charge in [-0.15, -0.1) is 22.7 Å². The van der Waals surface area contributed by atoms with Crippen molar-refractivity contribution in [2.75, 3.05) is 25.4 Å². The van der Waals surface area contributed by atoms with Crippen LogP contribution in [-0.4, -0.2) is 41.3 Å². The van der Waals surface area contributed by atoms with Crippen LogP contribution in [0.4, 0.5) is 13.2 Å². The Morgan fingerprint density at radius 2 is 2.15 bits per heavy atom. The van der Waals surface area contributed by atoms with Gasteiger partial charge in [-0.1, -0.05) is 11.8 Å². The summed E-state index contributed by atoms with van der Waals surface area (Å²) >= 11 is 4.36. The summed E-state index contributed by atoms with van der Waals surface area (Å²) in [5.41, 5.74) is -0.823. The van der Waals surface area contributed by atoms with Crippen molar-refractivity contribution in [3.63, 3.8) is 0 Å². The van der Waals surface area contributed by atoms with E-state index in [1.54, 1.807) is 29.3 Å². The summed E-state index contributed by atoms with van der Waals surface area (Å²) in [5.74, 6) is 1.61. The maximum Gasteiger partial charge on any atom is 0.434 e. The van der Waals surface area contributed by atoms with Crippen molar-refractivity contribution in [2.45, 2.75) is 30.3 Å². The molecule has 0 bridgehead atoms. The third-order valence-corrected chi connectivity index (χ3v) is 5.99. The summed E-state index contributed by atoms with van der Waals surface area (Å²) in [5, 5.41) is 9.72. The molecule has 0 aliphatic rings. The van der Waals surface area contributed by atoms with E-state index < -0.39 is 11.9 Å².